The van der Waals surface area contributed by atoms with Gasteiger partial charge in [-0.05, 0) is 45.4 Å². The van der Waals surface area contributed by atoms with Crippen LogP contribution in [0.5, 0.6) is 0 Å². The van der Waals surface area contributed by atoms with Crippen LogP contribution in [0, 0.1) is 5.92 Å². The van der Waals surface area contributed by atoms with Crippen LogP contribution in [0.25, 0.3) is 0 Å². The van der Waals surface area contributed by atoms with E-state index < -0.39 is 0 Å². The van der Waals surface area contributed by atoms with Gasteiger partial charge in [0.2, 0.25) is 0 Å². The molecule has 104 valence electrons. The zero-order valence-electron chi connectivity index (χ0n) is 11.9. The number of nitrogens with two attached hydrogens (primary N) is 1. The molecule has 2 aliphatic rings. The molecular formula is C14H27N3O. The Hall–Kier alpha value is -0.770. The van der Waals surface area contributed by atoms with Gasteiger partial charge in [0.05, 0.1) is 18.2 Å². The first-order valence-corrected chi connectivity index (χ1v) is 7.28. The minimum Gasteiger partial charge on any atom is -0.375 e. The monoisotopic (exact) mass is 253 g/mol. The highest BCUT2D eigenvalue weighted by Crippen LogP contribution is 2.27. The minimum atomic E-state index is 0.320. The van der Waals surface area contributed by atoms with E-state index in [9.17, 15) is 0 Å². The Bertz CT molecular complexity index is 297. The first-order chi connectivity index (χ1) is 8.54. The number of rotatable bonds is 3. The van der Waals surface area contributed by atoms with Gasteiger partial charge in [0.15, 0.2) is 5.96 Å². The highest BCUT2D eigenvalue weighted by Gasteiger charge is 2.31. The lowest BCUT2D eigenvalue weighted by Crippen LogP contribution is -2.45. The van der Waals surface area contributed by atoms with E-state index in [1.165, 1.54) is 12.8 Å². The van der Waals surface area contributed by atoms with Gasteiger partial charge in [-0.3, -0.25) is 0 Å². The molecule has 0 spiro atoms. The highest BCUT2D eigenvalue weighted by molar-refractivity contribution is 5.78. The van der Waals surface area contributed by atoms with Gasteiger partial charge in [0, 0.05) is 13.1 Å². The number of hydrogen-bond acceptors (Lipinski definition) is 2. The fourth-order valence-corrected chi connectivity index (χ4v) is 2.81. The molecule has 18 heavy (non-hydrogen) atoms. The van der Waals surface area contributed by atoms with E-state index in [4.69, 9.17) is 10.5 Å². The average molecular weight is 253 g/mol. The summed E-state index contributed by atoms with van der Waals surface area (Å²) in [5, 5.41) is 0. The van der Waals surface area contributed by atoms with Crippen LogP contribution in [0.1, 0.15) is 46.5 Å². The van der Waals surface area contributed by atoms with Crippen molar-refractivity contribution in [2.75, 3.05) is 13.1 Å². The second kappa shape index (κ2) is 5.91. The van der Waals surface area contributed by atoms with Crippen LogP contribution in [0.3, 0.4) is 0 Å². The molecule has 1 aliphatic carbocycles. The van der Waals surface area contributed by atoms with Crippen molar-refractivity contribution in [3.05, 3.63) is 0 Å². The van der Waals surface area contributed by atoms with Crippen LogP contribution in [-0.4, -0.2) is 42.2 Å². The lowest BCUT2D eigenvalue weighted by atomic mass is 9.89. The highest BCUT2D eigenvalue weighted by atomic mass is 16.5. The normalized spacial score (nSPS) is 33.7. The van der Waals surface area contributed by atoms with Gasteiger partial charge < -0.3 is 15.4 Å². The Morgan fingerprint density at radius 1 is 1.39 bits per heavy atom. The summed E-state index contributed by atoms with van der Waals surface area (Å²) < 4.78 is 5.74. The van der Waals surface area contributed by atoms with Gasteiger partial charge in [-0.2, -0.15) is 0 Å². The van der Waals surface area contributed by atoms with Gasteiger partial charge in [0.1, 0.15) is 0 Å². The molecule has 1 unspecified atom stereocenters. The van der Waals surface area contributed by atoms with Crippen molar-refractivity contribution in [3.8, 4) is 0 Å². The molecule has 1 atom stereocenters. The van der Waals surface area contributed by atoms with E-state index in [0.717, 1.165) is 37.8 Å². The molecule has 4 nitrogen and oxygen atoms in total. The molecule has 1 saturated carbocycles. The molecule has 2 N–H and O–H groups in total. The summed E-state index contributed by atoms with van der Waals surface area (Å²) in [5.41, 5.74) is 6.10. The Kier molecular flexibility index (Phi) is 4.49. The molecule has 0 aromatic rings. The first-order valence-electron chi connectivity index (χ1n) is 7.28. The Morgan fingerprint density at radius 3 is 2.72 bits per heavy atom. The minimum absolute atomic E-state index is 0.320. The van der Waals surface area contributed by atoms with Gasteiger partial charge in [0.25, 0.3) is 0 Å². The van der Waals surface area contributed by atoms with Gasteiger partial charge >= 0.3 is 0 Å². The van der Waals surface area contributed by atoms with Crippen LogP contribution < -0.4 is 5.73 Å². The van der Waals surface area contributed by atoms with Crippen molar-refractivity contribution in [3.63, 3.8) is 0 Å². The van der Waals surface area contributed by atoms with Crippen LogP contribution in [0.4, 0.5) is 0 Å². The van der Waals surface area contributed by atoms with E-state index in [-0.39, 0.29) is 0 Å². The lowest BCUT2D eigenvalue weighted by Gasteiger charge is -2.36. The molecule has 1 saturated heterocycles. The summed E-state index contributed by atoms with van der Waals surface area (Å²) in [6.07, 6.45) is 5.33. The maximum Gasteiger partial charge on any atom is 0.191 e. The van der Waals surface area contributed by atoms with Crippen molar-refractivity contribution >= 4 is 5.96 Å². The number of aliphatic imine (C=N–C) groups is 1. The van der Waals surface area contributed by atoms with Crippen molar-refractivity contribution in [1.29, 1.82) is 0 Å². The lowest BCUT2D eigenvalue weighted by molar-refractivity contribution is -0.0430. The topological polar surface area (TPSA) is 50.8 Å². The number of piperidine rings is 1. The predicted octanol–water partition coefficient (Wildman–Crippen LogP) is 1.99. The average Bonchev–Trinajstić information content (AvgIpc) is 2.25. The maximum atomic E-state index is 6.10. The molecule has 4 heteroatoms. The SMILES string of the molecule is CC1CCCN(C(N)=NC2CC(OC(C)C)C2)C1. The summed E-state index contributed by atoms with van der Waals surface area (Å²) in [6, 6.07) is 0.381. The van der Waals surface area contributed by atoms with Crippen molar-refractivity contribution in [2.45, 2.75) is 64.7 Å². The van der Waals surface area contributed by atoms with Gasteiger partial charge in [-0.15, -0.1) is 0 Å². The first kappa shape index (κ1) is 13.7. The number of hydrogen-bond donors (Lipinski definition) is 1. The summed E-state index contributed by atoms with van der Waals surface area (Å²) in [7, 11) is 0. The largest absolute Gasteiger partial charge is 0.375 e. The number of nitrogens with zero attached hydrogens (tertiary/aromatic N) is 2. The predicted molar refractivity (Wildman–Crippen MR) is 74.6 cm³/mol. The second-order valence-electron chi connectivity index (χ2n) is 6.11. The van der Waals surface area contributed by atoms with Crippen molar-refractivity contribution in [1.82, 2.24) is 4.90 Å². The van der Waals surface area contributed by atoms with E-state index in [1.807, 2.05) is 0 Å². The summed E-state index contributed by atoms with van der Waals surface area (Å²) in [4.78, 5) is 6.88. The second-order valence-corrected chi connectivity index (χ2v) is 6.11. The van der Waals surface area contributed by atoms with Crippen molar-refractivity contribution < 1.29 is 4.74 Å². The van der Waals surface area contributed by atoms with E-state index in [0.29, 0.717) is 18.2 Å². The molecule has 0 amide bonds. The summed E-state index contributed by atoms with van der Waals surface area (Å²) in [6.45, 7) is 8.59. The van der Waals surface area contributed by atoms with Crippen molar-refractivity contribution in [2.24, 2.45) is 16.6 Å². The molecule has 0 bridgehead atoms. The zero-order chi connectivity index (χ0) is 13.1. The number of ether oxygens (including phenoxy) is 1. The fourth-order valence-electron chi connectivity index (χ4n) is 2.81. The molecule has 2 rings (SSSR count). The third kappa shape index (κ3) is 3.61. The standard InChI is InChI=1S/C14H27N3O/c1-10(2)18-13-7-12(8-13)16-14(15)17-6-4-5-11(3)9-17/h10-13H,4-9H2,1-3H3,(H2,15,16). The smallest absolute Gasteiger partial charge is 0.191 e. The summed E-state index contributed by atoms with van der Waals surface area (Å²) in [5.74, 6) is 1.49. The zero-order valence-corrected chi connectivity index (χ0v) is 11.9. The molecule has 0 aromatic carbocycles. The number of guanidine groups is 1. The third-order valence-corrected chi connectivity index (χ3v) is 3.83. The van der Waals surface area contributed by atoms with Crippen LogP contribution in [-0.2, 0) is 4.74 Å². The maximum absolute atomic E-state index is 6.10. The van der Waals surface area contributed by atoms with E-state index in [1.54, 1.807) is 0 Å². The number of likely N-dealkylation sites (tertiary alicyclic amines) is 1. The molecule has 0 radical (unpaired) electrons. The third-order valence-electron chi connectivity index (χ3n) is 3.83. The Morgan fingerprint density at radius 2 is 2.11 bits per heavy atom. The Labute approximate surface area is 111 Å². The van der Waals surface area contributed by atoms with E-state index in [2.05, 4.69) is 30.7 Å². The molecule has 1 heterocycles. The Balaban J connectivity index is 1.76. The molecule has 1 aliphatic heterocycles. The molecule has 0 aromatic heterocycles. The summed E-state index contributed by atoms with van der Waals surface area (Å²) >= 11 is 0. The fraction of sp³-hybridized carbons (Fsp3) is 0.929. The molecular weight excluding hydrogens is 226 g/mol. The quantitative estimate of drug-likeness (QED) is 0.618. The van der Waals surface area contributed by atoms with Crippen LogP contribution in [0.15, 0.2) is 4.99 Å². The van der Waals surface area contributed by atoms with Gasteiger partial charge in [-0.25, -0.2) is 4.99 Å². The van der Waals surface area contributed by atoms with E-state index >= 15 is 0 Å². The van der Waals surface area contributed by atoms with Crippen LogP contribution >= 0.6 is 0 Å². The van der Waals surface area contributed by atoms with Crippen LogP contribution in [0.2, 0.25) is 0 Å². The molecule has 2 fully saturated rings. The van der Waals surface area contributed by atoms with Gasteiger partial charge in [-0.1, -0.05) is 6.92 Å².